The van der Waals surface area contributed by atoms with E-state index in [9.17, 15) is 0 Å². The van der Waals surface area contributed by atoms with Crippen LogP contribution in [0.1, 0.15) is 39.0 Å². The van der Waals surface area contributed by atoms with Crippen molar-refractivity contribution in [3.8, 4) is 0 Å². The Bertz CT molecular complexity index is 118. The maximum atomic E-state index is 3.82. The van der Waals surface area contributed by atoms with E-state index < -0.39 is 0 Å². The van der Waals surface area contributed by atoms with E-state index >= 15 is 0 Å². The average Bonchev–Trinajstić information content (AvgIpc) is 2.06. The third-order valence-corrected chi connectivity index (χ3v) is 2.44. The SMILES string of the molecule is C=C[C@H]1CCC[C@@H](CCC)N1. The lowest BCUT2D eigenvalue weighted by atomic mass is 9.96. The Labute approximate surface area is 69.9 Å². The van der Waals surface area contributed by atoms with Gasteiger partial charge in [0.15, 0.2) is 0 Å². The Kier molecular flexibility index (Phi) is 3.64. The second kappa shape index (κ2) is 4.55. The van der Waals surface area contributed by atoms with E-state index in [1.165, 1.54) is 32.1 Å². The summed E-state index contributed by atoms with van der Waals surface area (Å²) in [7, 11) is 0. The van der Waals surface area contributed by atoms with E-state index in [1.807, 2.05) is 6.08 Å². The van der Waals surface area contributed by atoms with Crippen LogP contribution in [-0.4, -0.2) is 12.1 Å². The fourth-order valence-electron chi connectivity index (χ4n) is 1.82. The first-order valence-corrected chi connectivity index (χ1v) is 4.75. The summed E-state index contributed by atoms with van der Waals surface area (Å²) in [6.07, 6.45) is 8.67. The highest BCUT2D eigenvalue weighted by Gasteiger charge is 2.17. The largest absolute Gasteiger partial charge is 0.308 e. The molecule has 64 valence electrons. The number of rotatable bonds is 3. The van der Waals surface area contributed by atoms with Gasteiger partial charge in [0.25, 0.3) is 0 Å². The second-order valence-electron chi connectivity index (χ2n) is 3.43. The van der Waals surface area contributed by atoms with Gasteiger partial charge in [-0.25, -0.2) is 0 Å². The van der Waals surface area contributed by atoms with Crippen molar-refractivity contribution in [1.29, 1.82) is 0 Å². The zero-order valence-electron chi connectivity index (χ0n) is 7.47. The summed E-state index contributed by atoms with van der Waals surface area (Å²) in [6, 6.07) is 1.34. The Hall–Kier alpha value is -0.300. The monoisotopic (exact) mass is 153 g/mol. The fourth-order valence-corrected chi connectivity index (χ4v) is 1.82. The van der Waals surface area contributed by atoms with Crippen molar-refractivity contribution in [2.75, 3.05) is 0 Å². The number of hydrogen-bond donors (Lipinski definition) is 1. The van der Waals surface area contributed by atoms with Gasteiger partial charge in [0, 0.05) is 12.1 Å². The Balaban J connectivity index is 2.27. The summed E-state index contributed by atoms with van der Waals surface area (Å²) >= 11 is 0. The molecule has 1 nitrogen and oxygen atoms in total. The molecule has 1 N–H and O–H groups in total. The van der Waals surface area contributed by atoms with Crippen LogP contribution < -0.4 is 5.32 Å². The molecule has 1 fully saturated rings. The van der Waals surface area contributed by atoms with Gasteiger partial charge in [0.05, 0.1) is 0 Å². The van der Waals surface area contributed by atoms with Gasteiger partial charge in [-0.05, 0) is 19.3 Å². The lowest BCUT2D eigenvalue weighted by Gasteiger charge is -2.28. The van der Waals surface area contributed by atoms with Crippen LogP contribution in [0.15, 0.2) is 12.7 Å². The molecule has 0 amide bonds. The molecule has 1 heterocycles. The second-order valence-corrected chi connectivity index (χ2v) is 3.43. The van der Waals surface area contributed by atoms with Crippen LogP contribution in [0.25, 0.3) is 0 Å². The van der Waals surface area contributed by atoms with Gasteiger partial charge in [-0.2, -0.15) is 0 Å². The molecule has 0 aromatic rings. The molecule has 2 atom stereocenters. The van der Waals surface area contributed by atoms with Crippen LogP contribution in [0.3, 0.4) is 0 Å². The average molecular weight is 153 g/mol. The van der Waals surface area contributed by atoms with Gasteiger partial charge in [0.2, 0.25) is 0 Å². The lowest BCUT2D eigenvalue weighted by molar-refractivity contribution is 0.339. The minimum absolute atomic E-state index is 0.584. The third-order valence-electron chi connectivity index (χ3n) is 2.44. The van der Waals surface area contributed by atoms with Gasteiger partial charge in [-0.3, -0.25) is 0 Å². The van der Waals surface area contributed by atoms with Crippen LogP contribution in [0.4, 0.5) is 0 Å². The standard InChI is InChI=1S/C10H19N/c1-3-6-10-8-5-7-9(4-2)11-10/h4,9-11H,2-3,5-8H2,1H3/t9-,10+/m0/s1. The summed E-state index contributed by atoms with van der Waals surface area (Å²) < 4.78 is 0. The maximum Gasteiger partial charge on any atom is 0.0249 e. The zero-order valence-corrected chi connectivity index (χ0v) is 7.47. The van der Waals surface area contributed by atoms with E-state index in [0.717, 1.165) is 6.04 Å². The molecule has 0 unspecified atom stereocenters. The maximum absolute atomic E-state index is 3.82. The fraction of sp³-hybridized carbons (Fsp3) is 0.800. The summed E-state index contributed by atoms with van der Waals surface area (Å²) in [5.74, 6) is 0. The van der Waals surface area contributed by atoms with E-state index in [4.69, 9.17) is 0 Å². The van der Waals surface area contributed by atoms with Crippen molar-refractivity contribution in [2.24, 2.45) is 0 Å². The lowest BCUT2D eigenvalue weighted by Crippen LogP contribution is -2.40. The first-order valence-electron chi connectivity index (χ1n) is 4.75. The van der Waals surface area contributed by atoms with Crippen LogP contribution in [-0.2, 0) is 0 Å². The number of piperidine rings is 1. The normalized spacial score (nSPS) is 31.7. The van der Waals surface area contributed by atoms with Crippen LogP contribution in [0.5, 0.6) is 0 Å². The summed E-state index contributed by atoms with van der Waals surface area (Å²) in [5, 5.41) is 3.59. The van der Waals surface area contributed by atoms with Gasteiger partial charge in [-0.15, -0.1) is 6.58 Å². The highest BCUT2D eigenvalue weighted by molar-refractivity contribution is 4.91. The Morgan fingerprint density at radius 1 is 1.55 bits per heavy atom. The Morgan fingerprint density at radius 2 is 2.36 bits per heavy atom. The molecule has 1 aliphatic rings. The highest BCUT2D eigenvalue weighted by atomic mass is 15.0. The third kappa shape index (κ3) is 2.66. The van der Waals surface area contributed by atoms with Gasteiger partial charge in [0.1, 0.15) is 0 Å². The summed E-state index contributed by atoms with van der Waals surface area (Å²) in [4.78, 5) is 0. The summed E-state index contributed by atoms with van der Waals surface area (Å²) in [5.41, 5.74) is 0. The van der Waals surface area contributed by atoms with E-state index in [2.05, 4.69) is 18.8 Å². The van der Waals surface area contributed by atoms with Crippen molar-refractivity contribution in [3.63, 3.8) is 0 Å². The highest BCUT2D eigenvalue weighted by Crippen LogP contribution is 2.16. The minimum atomic E-state index is 0.584. The molecule has 1 rings (SSSR count). The van der Waals surface area contributed by atoms with Crippen LogP contribution in [0, 0.1) is 0 Å². The molecule has 0 spiro atoms. The first kappa shape index (κ1) is 8.79. The molecular weight excluding hydrogens is 134 g/mol. The molecule has 1 aliphatic heterocycles. The topological polar surface area (TPSA) is 12.0 Å². The van der Waals surface area contributed by atoms with Gasteiger partial charge < -0.3 is 5.32 Å². The molecule has 1 saturated heterocycles. The van der Waals surface area contributed by atoms with E-state index in [0.29, 0.717) is 6.04 Å². The first-order chi connectivity index (χ1) is 5.36. The molecule has 0 aromatic carbocycles. The van der Waals surface area contributed by atoms with Crippen LogP contribution >= 0.6 is 0 Å². The predicted molar refractivity (Wildman–Crippen MR) is 49.7 cm³/mol. The molecule has 0 aromatic heterocycles. The number of nitrogens with one attached hydrogen (secondary N) is 1. The summed E-state index contributed by atoms with van der Waals surface area (Å²) in [6.45, 7) is 6.07. The molecular formula is C10H19N. The molecule has 0 radical (unpaired) electrons. The molecule has 0 aliphatic carbocycles. The van der Waals surface area contributed by atoms with Crippen molar-refractivity contribution < 1.29 is 0 Å². The number of hydrogen-bond acceptors (Lipinski definition) is 1. The van der Waals surface area contributed by atoms with Crippen molar-refractivity contribution in [3.05, 3.63) is 12.7 Å². The van der Waals surface area contributed by atoms with Gasteiger partial charge >= 0.3 is 0 Å². The van der Waals surface area contributed by atoms with Crippen LogP contribution in [0.2, 0.25) is 0 Å². The van der Waals surface area contributed by atoms with Gasteiger partial charge in [-0.1, -0.05) is 25.8 Å². The zero-order chi connectivity index (χ0) is 8.10. The Morgan fingerprint density at radius 3 is 3.00 bits per heavy atom. The molecule has 11 heavy (non-hydrogen) atoms. The predicted octanol–water partition coefficient (Wildman–Crippen LogP) is 2.48. The molecule has 0 bridgehead atoms. The molecule has 0 saturated carbocycles. The molecule has 1 heteroatoms. The van der Waals surface area contributed by atoms with Crippen molar-refractivity contribution >= 4 is 0 Å². The smallest absolute Gasteiger partial charge is 0.0249 e. The van der Waals surface area contributed by atoms with E-state index in [1.54, 1.807) is 0 Å². The van der Waals surface area contributed by atoms with E-state index in [-0.39, 0.29) is 0 Å². The quantitative estimate of drug-likeness (QED) is 0.614. The van der Waals surface area contributed by atoms with Crippen molar-refractivity contribution in [2.45, 2.75) is 51.1 Å². The minimum Gasteiger partial charge on any atom is -0.308 e. The van der Waals surface area contributed by atoms with Crippen molar-refractivity contribution in [1.82, 2.24) is 5.32 Å².